The van der Waals surface area contributed by atoms with Crippen LogP contribution >= 0.6 is 0 Å². The Hall–Kier alpha value is -1.78. The molecule has 100 valence electrons. The summed E-state index contributed by atoms with van der Waals surface area (Å²) in [7, 11) is 0. The van der Waals surface area contributed by atoms with Crippen molar-refractivity contribution in [3.05, 3.63) is 0 Å². The van der Waals surface area contributed by atoms with Crippen molar-refractivity contribution in [3.63, 3.8) is 0 Å². The van der Waals surface area contributed by atoms with Crippen LogP contribution in [-0.4, -0.2) is 77.5 Å². The number of carbonyl (C=O) groups excluding carboxylic acids is 1. The largest absolute Gasteiger partial charge is 0.480 e. The number of hydrogen-bond acceptors (Lipinski definition) is 4. The Balaban J connectivity index is 2.74. The molecule has 0 aromatic carbocycles. The minimum absolute atomic E-state index is 0.0827. The number of aliphatic hydroxyl groups is 1. The molecule has 0 spiro atoms. The molecular weight excluding hydrogens is 240 g/mol. The average Bonchev–Trinajstić information content (AvgIpc) is 2.37. The first-order valence-corrected chi connectivity index (χ1v) is 5.49. The SMILES string of the molecule is C#CCN(CC(=O)O)C(=O)N1CCOCC1CO. The van der Waals surface area contributed by atoms with Gasteiger partial charge in [-0.05, 0) is 0 Å². The molecule has 1 heterocycles. The first kappa shape index (κ1) is 14.3. The van der Waals surface area contributed by atoms with Crippen molar-refractivity contribution < 1.29 is 24.5 Å². The quantitative estimate of drug-likeness (QED) is 0.618. The maximum atomic E-state index is 12.1. The van der Waals surface area contributed by atoms with Crippen molar-refractivity contribution in [3.8, 4) is 12.3 Å². The molecule has 0 bridgehead atoms. The molecule has 1 unspecified atom stereocenters. The molecule has 0 saturated carbocycles. The van der Waals surface area contributed by atoms with E-state index in [4.69, 9.17) is 21.4 Å². The molecule has 1 fully saturated rings. The monoisotopic (exact) mass is 256 g/mol. The summed E-state index contributed by atoms with van der Waals surface area (Å²) in [5.41, 5.74) is 0. The summed E-state index contributed by atoms with van der Waals surface area (Å²) >= 11 is 0. The van der Waals surface area contributed by atoms with E-state index in [0.29, 0.717) is 13.2 Å². The highest BCUT2D eigenvalue weighted by Crippen LogP contribution is 2.10. The zero-order valence-corrected chi connectivity index (χ0v) is 9.91. The Morgan fingerprint density at radius 2 is 2.28 bits per heavy atom. The van der Waals surface area contributed by atoms with Crippen molar-refractivity contribution in [2.45, 2.75) is 6.04 Å². The number of urea groups is 1. The second-order valence-electron chi connectivity index (χ2n) is 3.84. The van der Waals surface area contributed by atoms with E-state index < -0.39 is 24.6 Å². The molecule has 0 radical (unpaired) electrons. The minimum atomic E-state index is -1.13. The smallest absolute Gasteiger partial charge is 0.323 e. The van der Waals surface area contributed by atoms with Gasteiger partial charge in [0, 0.05) is 6.54 Å². The molecule has 0 aromatic rings. The topological polar surface area (TPSA) is 90.3 Å². The van der Waals surface area contributed by atoms with Gasteiger partial charge in [-0.2, -0.15) is 0 Å². The van der Waals surface area contributed by atoms with Gasteiger partial charge in [0.25, 0.3) is 0 Å². The van der Waals surface area contributed by atoms with Crippen LogP contribution in [0.2, 0.25) is 0 Å². The van der Waals surface area contributed by atoms with E-state index in [1.807, 2.05) is 0 Å². The lowest BCUT2D eigenvalue weighted by Gasteiger charge is -2.37. The lowest BCUT2D eigenvalue weighted by atomic mass is 10.2. The Morgan fingerprint density at radius 1 is 1.56 bits per heavy atom. The van der Waals surface area contributed by atoms with Crippen LogP contribution in [-0.2, 0) is 9.53 Å². The van der Waals surface area contributed by atoms with Gasteiger partial charge in [-0.25, -0.2) is 4.79 Å². The molecule has 2 N–H and O–H groups in total. The van der Waals surface area contributed by atoms with E-state index in [1.165, 1.54) is 4.90 Å². The van der Waals surface area contributed by atoms with Gasteiger partial charge in [-0.15, -0.1) is 6.42 Å². The lowest BCUT2D eigenvalue weighted by Crippen LogP contribution is -2.55. The van der Waals surface area contributed by atoms with Crippen LogP contribution in [0, 0.1) is 12.3 Å². The number of aliphatic hydroxyl groups excluding tert-OH is 1. The van der Waals surface area contributed by atoms with Crippen LogP contribution in [0.5, 0.6) is 0 Å². The molecule has 0 aromatic heterocycles. The summed E-state index contributed by atoms with van der Waals surface area (Å²) in [6.07, 6.45) is 5.11. The number of rotatable bonds is 4. The summed E-state index contributed by atoms with van der Waals surface area (Å²) in [6.45, 7) is 0.130. The Kier molecular flexibility index (Phi) is 5.42. The van der Waals surface area contributed by atoms with Crippen molar-refractivity contribution in [2.24, 2.45) is 0 Å². The Morgan fingerprint density at radius 3 is 2.83 bits per heavy atom. The van der Waals surface area contributed by atoms with Crippen molar-refractivity contribution in [1.29, 1.82) is 0 Å². The highest BCUT2D eigenvalue weighted by molar-refractivity contribution is 5.80. The molecule has 1 atom stereocenters. The van der Waals surface area contributed by atoms with Crippen LogP contribution in [0.25, 0.3) is 0 Å². The average molecular weight is 256 g/mol. The van der Waals surface area contributed by atoms with Gasteiger partial charge in [0.2, 0.25) is 0 Å². The Bertz CT molecular complexity index is 352. The van der Waals surface area contributed by atoms with E-state index in [1.54, 1.807) is 0 Å². The number of carboxylic acid groups (broad SMARTS) is 1. The van der Waals surface area contributed by atoms with E-state index in [0.717, 1.165) is 4.90 Å². The van der Waals surface area contributed by atoms with Crippen LogP contribution in [0.15, 0.2) is 0 Å². The van der Waals surface area contributed by atoms with E-state index in [2.05, 4.69) is 5.92 Å². The third-order valence-electron chi connectivity index (χ3n) is 2.56. The maximum Gasteiger partial charge on any atom is 0.323 e. The number of amides is 2. The number of hydrogen-bond donors (Lipinski definition) is 2. The molecular formula is C11H16N2O5. The van der Waals surface area contributed by atoms with Gasteiger partial charge in [0.15, 0.2) is 0 Å². The minimum Gasteiger partial charge on any atom is -0.480 e. The summed E-state index contributed by atoms with van der Waals surface area (Å²) in [6, 6.07) is -0.946. The number of morpholine rings is 1. The number of carboxylic acids is 1. The second kappa shape index (κ2) is 6.83. The first-order chi connectivity index (χ1) is 8.60. The molecule has 1 saturated heterocycles. The molecule has 18 heavy (non-hydrogen) atoms. The number of ether oxygens (including phenoxy) is 1. The third-order valence-corrected chi connectivity index (χ3v) is 2.56. The predicted octanol–water partition coefficient (Wildman–Crippen LogP) is -1.18. The van der Waals surface area contributed by atoms with Gasteiger partial charge in [-0.1, -0.05) is 5.92 Å². The second-order valence-corrected chi connectivity index (χ2v) is 3.84. The summed E-state index contributed by atoms with van der Waals surface area (Å²) in [4.78, 5) is 25.2. The molecule has 1 aliphatic heterocycles. The van der Waals surface area contributed by atoms with Gasteiger partial charge < -0.3 is 24.7 Å². The van der Waals surface area contributed by atoms with E-state index in [9.17, 15) is 9.59 Å². The van der Waals surface area contributed by atoms with E-state index >= 15 is 0 Å². The predicted molar refractivity (Wildman–Crippen MR) is 61.8 cm³/mol. The van der Waals surface area contributed by atoms with Gasteiger partial charge in [0.05, 0.1) is 32.4 Å². The molecule has 1 aliphatic rings. The summed E-state index contributed by atoms with van der Waals surface area (Å²) in [5, 5.41) is 17.9. The summed E-state index contributed by atoms with van der Waals surface area (Å²) < 4.78 is 5.15. The maximum absolute atomic E-state index is 12.1. The molecule has 0 aliphatic carbocycles. The van der Waals surface area contributed by atoms with Crippen LogP contribution in [0.3, 0.4) is 0 Å². The highest BCUT2D eigenvalue weighted by Gasteiger charge is 2.30. The lowest BCUT2D eigenvalue weighted by molar-refractivity contribution is -0.137. The standard InChI is InChI=1S/C11H16N2O5/c1-2-3-12(6-10(15)16)11(17)13-4-5-18-8-9(13)7-14/h1,9,14H,3-8H2,(H,15,16). The zero-order valence-electron chi connectivity index (χ0n) is 9.91. The van der Waals surface area contributed by atoms with Gasteiger partial charge in [-0.3, -0.25) is 4.79 Å². The fraction of sp³-hybridized carbons (Fsp3) is 0.636. The van der Waals surface area contributed by atoms with Crippen LogP contribution in [0.4, 0.5) is 4.79 Å². The molecule has 7 nitrogen and oxygen atoms in total. The van der Waals surface area contributed by atoms with Gasteiger partial charge in [0.1, 0.15) is 6.54 Å². The fourth-order valence-electron chi connectivity index (χ4n) is 1.70. The van der Waals surface area contributed by atoms with Crippen LogP contribution < -0.4 is 0 Å². The molecule has 1 rings (SSSR count). The summed E-state index contributed by atoms with van der Waals surface area (Å²) in [5.74, 6) is 1.12. The van der Waals surface area contributed by atoms with Crippen molar-refractivity contribution in [2.75, 3.05) is 39.5 Å². The molecule has 2 amide bonds. The van der Waals surface area contributed by atoms with Crippen molar-refractivity contribution in [1.82, 2.24) is 9.80 Å². The molecule has 7 heteroatoms. The number of terminal acetylenes is 1. The van der Waals surface area contributed by atoms with Crippen molar-refractivity contribution >= 4 is 12.0 Å². The Labute approximate surface area is 105 Å². The number of carbonyl (C=O) groups is 2. The van der Waals surface area contributed by atoms with Gasteiger partial charge >= 0.3 is 12.0 Å². The van der Waals surface area contributed by atoms with Crippen LogP contribution in [0.1, 0.15) is 0 Å². The fourth-order valence-corrected chi connectivity index (χ4v) is 1.70. The number of nitrogens with zero attached hydrogens (tertiary/aromatic N) is 2. The third kappa shape index (κ3) is 3.61. The normalized spacial score (nSPS) is 19.1. The first-order valence-electron chi connectivity index (χ1n) is 5.49. The highest BCUT2D eigenvalue weighted by atomic mass is 16.5. The number of aliphatic carboxylic acids is 1. The van der Waals surface area contributed by atoms with E-state index in [-0.39, 0.29) is 19.8 Å². The zero-order chi connectivity index (χ0) is 13.5.